The van der Waals surface area contributed by atoms with Gasteiger partial charge in [0.2, 0.25) is 0 Å². The van der Waals surface area contributed by atoms with Crippen LogP contribution in [0.25, 0.3) is 0 Å². The maximum Gasteiger partial charge on any atom is 0.120 e. The molecule has 0 aliphatic carbocycles. The molecular weight excluding hydrogens is 240 g/mol. The number of halogens is 1. The molecule has 0 saturated heterocycles. The van der Waals surface area contributed by atoms with Crippen LogP contribution >= 0.6 is 15.9 Å². The van der Waals surface area contributed by atoms with Crippen molar-refractivity contribution in [3.63, 3.8) is 0 Å². The molecule has 1 aromatic rings. The first-order valence-corrected chi connectivity index (χ1v) is 5.46. The smallest absolute Gasteiger partial charge is 0.120 e. The first-order valence-electron chi connectivity index (χ1n) is 4.67. The van der Waals surface area contributed by atoms with Gasteiger partial charge in [0.25, 0.3) is 0 Å². The van der Waals surface area contributed by atoms with Gasteiger partial charge < -0.3 is 4.74 Å². The Kier molecular flexibility index (Phi) is 5.17. The van der Waals surface area contributed by atoms with Gasteiger partial charge in [0.15, 0.2) is 0 Å². The normalized spacial score (nSPS) is 9.00. The van der Waals surface area contributed by atoms with Crippen molar-refractivity contribution in [1.82, 2.24) is 0 Å². The highest BCUT2D eigenvalue weighted by molar-refractivity contribution is 9.10. The molecule has 0 bridgehead atoms. The van der Waals surface area contributed by atoms with Crippen LogP contribution in [0.3, 0.4) is 0 Å². The van der Waals surface area contributed by atoms with Crippen molar-refractivity contribution in [2.45, 2.75) is 19.8 Å². The van der Waals surface area contributed by atoms with Crippen LogP contribution in [-0.2, 0) is 0 Å². The Morgan fingerprint density at radius 3 is 2.93 bits per heavy atom. The van der Waals surface area contributed by atoms with E-state index in [1.54, 1.807) is 0 Å². The van der Waals surface area contributed by atoms with E-state index in [9.17, 15) is 0 Å². The van der Waals surface area contributed by atoms with Crippen molar-refractivity contribution in [2.24, 2.45) is 0 Å². The van der Waals surface area contributed by atoms with Crippen molar-refractivity contribution in [1.29, 1.82) is 0 Å². The molecule has 1 nitrogen and oxygen atoms in total. The Balaban J connectivity index is 2.31. The summed E-state index contributed by atoms with van der Waals surface area (Å²) in [5.41, 5.74) is 0. The zero-order valence-corrected chi connectivity index (χ0v) is 9.80. The van der Waals surface area contributed by atoms with Crippen molar-refractivity contribution >= 4 is 15.9 Å². The zero-order chi connectivity index (χ0) is 10.2. The molecule has 74 valence electrons. The molecule has 0 saturated carbocycles. The van der Waals surface area contributed by atoms with Gasteiger partial charge in [0, 0.05) is 17.3 Å². The van der Waals surface area contributed by atoms with Crippen molar-refractivity contribution < 1.29 is 4.74 Å². The van der Waals surface area contributed by atoms with E-state index in [1.165, 1.54) is 0 Å². The highest BCUT2D eigenvalue weighted by Gasteiger charge is 1.92. The fraction of sp³-hybridized carbons (Fsp3) is 0.333. The highest BCUT2D eigenvalue weighted by atomic mass is 79.9. The van der Waals surface area contributed by atoms with Gasteiger partial charge in [0.1, 0.15) is 5.75 Å². The van der Waals surface area contributed by atoms with E-state index in [-0.39, 0.29) is 0 Å². The van der Waals surface area contributed by atoms with Crippen molar-refractivity contribution in [2.75, 3.05) is 6.61 Å². The first kappa shape index (κ1) is 11.1. The maximum atomic E-state index is 5.50. The predicted molar refractivity (Wildman–Crippen MR) is 62.3 cm³/mol. The number of ether oxygens (including phenoxy) is 1. The number of hydrogen-bond donors (Lipinski definition) is 0. The summed E-state index contributed by atoms with van der Waals surface area (Å²) in [5, 5.41) is 0. The van der Waals surface area contributed by atoms with E-state index in [0.29, 0.717) is 6.61 Å². The standard InChI is InChI=1S/C12H13BrO/c1-2-3-4-5-9-14-12-8-6-7-11(13)10-12/h6-8,10H,2,5,9H2,1H3. The molecular formula is C12H13BrO. The second-order valence-corrected chi connectivity index (χ2v) is 3.68. The van der Waals surface area contributed by atoms with Gasteiger partial charge >= 0.3 is 0 Å². The van der Waals surface area contributed by atoms with Crippen LogP contribution in [0.15, 0.2) is 28.7 Å². The fourth-order valence-electron chi connectivity index (χ4n) is 0.990. The Bertz CT molecular complexity index is 336. The van der Waals surface area contributed by atoms with Crippen molar-refractivity contribution in [3.05, 3.63) is 28.7 Å². The highest BCUT2D eigenvalue weighted by Crippen LogP contribution is 2.17. The second kappa shape index (κ2) is 6.50. The summed E-state index contributed by atoms with van der Waals surface area (Å²) in [6, 6.07) is 7.83. The lowest BCUT2D eigenvalue weighted by molar-refractivity contribution is 0.327. The van der Waals surface area contributed by atoms with E-state index < -0.39 is 0 Å². The molecule has 0 unspecified atom stereocenters. The number of rotatable bonds is 3. The summed E-state index contributed by atoms with van der Waals surface area (Å²) < 4.78 is 6.54. The van der Waals surface area contributed by atoms with Gasteiger partial charge in [-0.25, -0.2) is 0 Å². The van der Waals surface area contributed by atoms with Crippen LogP contribution < -0.4 is 4.74 Å². The third-order valence-corrected chi connectivity index (χ3v) is 2.09. The van der Waals surface area contributed by atoms with Crippen LogP contribution in [0, 0.1) is 11.8 Å². The van der Waals surface area contributed by atoms with E-state index in [4.69, 9.17) is 4.74 Å². The minimum absolute atomic E-state index is 0.656. The van der Waals surface area contributed by atoms with Gasteiger partial charge in [0.05, 0.1) is 6.61 Å². The minimum Gasteiger partial charge on any atom is -0.493 e. The summed E-state index contributed by atoms with van der Waals surface area (Å²) in [5.74, 6) is 6.93. The van der Waals surface area contributed by atoms with Gasteiger partial charge in [-0.05, 0) is 18.2 Å². The Labute approximate surface area is 93.6 Å². The lowest BCUT2D eigenvalue weighted by Gasteiger charge is -2.03. The fourth-order valence-corrected chi connectivity index (χ4v) is 1.37. The summed E-state index contributed by atoms with van der Waals surface area (Å²) >= 11 is 3.39. The maximum absolute atomic E-state index is 5.50. The van der Waals surface area contributed by atoms with E-state index >= 15 is 0 Å². The first-order chi connectivity index (χ1) is 6.83. The molecule has 2 heteroatoms. The largest absolute Gasteiger partial charge is 0.493 e. The molecule has 1 rings (SSSR count). The molecule has 14 heavy (non-hydrogen) atoms. The Morgan fingerprint density at radius 2 is 2.21 bits per heavy atom. The monoisotopic (exact) mass is 252 g/mol. The van der Waals surface area contributed by atoms with Crippen LogP contribution in [0.1, 0.15) is 19.8 Å². The van der Waals surface area contributed by atoms with Crippen LogP contribution in [0.4, 0.5) is 0 Å². The van der Waals surface area contributed by atoms with Gasteiger partial charge in [-0.15, -0.1) is 5.92 Å². The third-order valence-electron chi connectivity index (χ3n) is 1.59. The third kappa shape index (κ3) is 4.34. The minimum atomic E-state index is 0.656. The predicted octanol–water partition coefficient (Wildman–Crippen LogP) is 3.63. The summed E-state index contributed by atoms with van der Waals surface area (Å²) in [4.78, 5) is 0. The molecule has 0 spiro atoms. The second-order valence-electron chi connectivity index (χ2n) is 2.76. The van der Waals surface area contributed by atoms with Crippen molar-refractivity contribution in [3.8, 4) is 17.6 Å². The number of benzene rings is 1. The van der Waals surface area contributed by atoms with Gasteiger partial charge in [-0.1, -0.05) is 34.8 Å². The SMILES string of the molecule is CCC#CCCOc1cccc(Br)c1. The quantitative estimate of drug-likeness (QED) is 0.590. The van der Waals surface area contributed by atoms with Crippen LogP contribution in [0.2, 0.25) is 0 Å². The summed E-state index contributed by atoms with van der Waals surface area (Å²) in [7, 11) is 0. The molecule has 0 radical (unpaired) electrons. The molecule has 0 atom stereocenters. The average molecular weight is 253 g/mol. The molecule has 1 aromatic carbocycles. The molecule has 0 amide bonds. The molecule has 0 aliphatic heterocycles. The molecule has 0 heterocycles. The molecule has 0 aromatic heterocycles. The zero-order valence-electron chi connectivity index (χ0n) is 8.22. The van der Waals surface area contributed by atoms with E-state index in [2.05, 4.69) is 27.8 Å². The number of hydrogen-bond acceptors (Lipinski definition) is 1. The Hall–Kier alpha value is -0.940. The summed E-state index contributed by atoms with van der Waals surface area (Å²) in [6.07, 6.45) is 1.71. The lowest BCUT2D eigenvalue weighted by Crippen LogP contribution is -1.95. The van der Waals surface area contributed by atoms with E-state index in [0.717, 1.165) is 23.1 Å². The molecule has 0 aliphatic rings. The summed E-state index contributed by atoms with van der Waals surface area (Å²) in [6.45, 7) is 2.70. The molecule has 0 fully saturated rings. The topological polar surface area (TPSA) is 9.23 Å². The van der Waals surface area contributed by atoms with Crippen LogP contribution in [0.5, 0.6) is 5.75 Å². The molecule has 0 N–H and O–H groups in total. The van der Waals surface area contributed by atoms with Crippen LogP contribution in [-0.4, -0.2) is 6.61 Å². The van der Waals surface area contributed by atoms with E-state index in [1.807, 2.05) is 31.2 Å². The van der Waals surface area contributed by atoms with Gasteiger partial charge in [-0.2, -0.15) is 0 Å². The Morgan fingerprint density at radius 1 is 1.36 bits per heavy atom. The lowest BCUT2D eigenvalue weighted by atomic mass is 10.3. The average Bonchev–Trinajstić information content (AvgIpc) is 2.18. The van der Waals surface area contributed by atoms with Gasteiger partial charge in [-0.3, -0.25) is 0 Å².